The first-order chi connectivity index (χ1) is 16.0. The Bertz CT molecular complexity index is 1170. The summed E-state index contributed by atoms with van der Waals surface area (Å²) in [4.78, 5) is 10.9. The third-order valence-corrected chi connectivity index (χ3v) is 9.28. The van der Waals surface area contributed by atoms with E-state index in [0.717, 1.165) is 26.2 Å². The van der Waals surface area contributed by atoms with Crippen molar-refractivity contribution >= 4 is 34.9 Å². The molecular weight excluding hydrogens is 482 g/mol. The smallest absolute Gasteiger partial charge is 0.145 e. The molecule has 3 fully saturated rings. The van der Waals surface area contributed by atoms with Crippen LogP contribution in [0.4, 0.5) is 0 Å². The van der Waals surface area contributed by atoms with Crippen LogP contribution in [-0.2, 0) is 14.2 Å². The van der Waals surface area contributed by atoms with E-state index in [1.54, 1.807) is 42.0 Å². The lowest BCUT2D eigenvalue weighted by molar-refractivity contribution is -0.146. The minimum absolute atomic E-state index is 0.0276. The lowest BCUT2D eigenvalue weighted by Gasteiger charge is -2.36. The molecule has 9 nitrogen and oxygen atoms in total. The second-order valence-corrected chi connectivity index (χ2v) is 11.3. The Hall–Kier alpha value is -1.54. The summed E-state index contributed by atoms with van der Waals surface area (Å²) < 4.78 is 20.5. The van der Waals surface area contributed by atoms with E-state index >= 15 is 0 Å². The van der Waals surface area contributed by atoms with Crippen molar-refractivity contribution in [2.24, 2.45) is 5.92 Å². The van der Waals surface area contributed by atoms with Gasteiger partial charge in [0.05, 0.1) is 18.8 Å². The van der Waals surface area contributed by atoms with Gasteiger partial charge in [0.1, 0.15) is 40.1 Å². The van der Waals surface area contributed by atoms with Gasteiger partial charge in [-0.15, -0.1) is 28.2 Å². The summed E-state index contributed by atoms with van der Waals surface area (Å²) in [6, 6.07) is 1.94. The van der Waals surface area contributed by atoms with Crippen molar-refractivity contribution < 1.29 is 19.3 Å². The lowest BCUT2D eigenvalue weighted by Crippen LogP contribution is -2.49. The summed E-state index contributed by atoms with van der Waals surface area (Å²) in [7, 11) is 1.69. The van der Waals surface area contributed by atoms with Crippen molar-refractivity contribution in [3.8, 4) is 10.7 Å². The molecule has 1 N–H and O–H groups in total. The van der Waals surface area contributed by atoms with Crippen LogP contribution in [0.1, 0.15) is 11.7 Å². The molecule has 12 heteroatoms. The van der Waals surface area contributed by atoms with Crippen LogP contribution in [0.5, 0.6) is 0 Å². The summed E-state index contributed by atoms with van der Waals surface area (Å²) in [5.41, 5.74) is 0.686. The van der Waals surface area contributed by atoms with Crippen molar-refractivity contribution in [1.82, 2.24) is 25.0 Å². The average molecular weight is 506 g/mol. The zero-order valence-electron chi connectivity index (χ0n) is 18.2. The number of pyridine rings is 1. The molecule has 174 valence electrons. The summed E-state index contributed by atoms with van der Waals surface area (Å²) in [6.07, 6.45) is 6.16. The number of methoxy groups -OCH3 is 1. The molecule has 3 aromatic rings. The van der Waals surface area contributed by atoms with E-state index in [1.807, 2.05) is 41.8 Å². The van der Waals surface area contributed by atoms with Crippen LogP contribution in [0.15, 0.2) is 39.8 Å². The van der Waals surface area contributed by atoms with Crippen molar-refractivity contribution in [3.63, 3.8) is 0 Å². The van der Waals surface area contributed by atoms with Gasteiger partial charge >= 0.3 is 0 Å². The highest BCUT2D eigenvalue weighted by atomic mass is 32.2. The summed E-state index contributed by atoms with van der Waals surface area (Å²) in [5.74, 6) is -0.0276. The minimum atomic E-state index is -0.710. The molecule has 3 aliphatic rings. The maximum Gasteiger partial charge on any atom is 0.145 e. The van der Waals surface area contributed by atoms with Gasteiger partial charge in [0.2, 0.25) is 0 Å². The van der Waals surface area contributed by atoms with Crippen molar-refractivity contribution in [2.45, 2.75) is 52.1 Å². The van der Waals surface area contributed by atoms with E-state index in [4.69, 9.17) is 14.2 Å². The monoisotopic (exact) mass is 505 g/mol. The van der Waals surface area contributed by atoms with Gasteiger partial charge in [0.15, 0.2) is 0 Å². The van der Waals surface area contributed by atoms with Gasteiger partial charge in [-0.25, -0.2) is 9.67 Å². The van der Waals surface area contributed by atoms with Crippen molar-refractivity contribution in [1.29, 1.82) is 0 Å². The number of hydrogen-bond donors (Lipinski definition) is 1. The van der Waals surface area contributed by atoms with Gasteiger partial charge in [-0.05, 0) is 19.2 Å². The number of thiazole rings is 1. The second kappa shape index (κ2) is 8.29. The van der Waals surface area contributed by atoms with E-state index in [-0.39, 0.29) is 30.1 Å². The third kappa shape index (κ3) is 3.46. The van der Waals surface area contributed by atoms with E-state index < -0.39 is 17.8 Å². The number of aliphatic hydroxyl groups is 1. The van der Waals surface area contributed by atoms with Crippen molar-refractivity contribution in [2.75, 3.05) is 20.0 Å². The largest absolute Gasteiger partial charge is 0.388 e. The molecule has 2 saturated heterocycles. The van der Waals surface area contributed by atoms with E-state index in [9.17, 15) is 5.11 Å². The number of hydrogen-bond acceptors (Lipinski definition) is 11. The van der Waals surface area contributed by atoms with Gasteiger partial charge in [0, 0.05) is 46.3 Å². The molecule has 7 atom stereocenters. The fourth-order valence-corrected chi connectivity index (χ4v) is 7.48. The first-order valence-electron chi connectivity index (χ1n) is 10.6. The highest BCUT2D eigenvalue weighted by Crippen LogP contribution is 2.68. The molecule has 1 aliphatic carbocycles. The molecule has 3 aromatic heterocycles. The highest BCUT2D eigenvalue weighted by Gasteiger charge is 2.81. The first kappa shape index (κ1) is 22.0. The molecule has 6 unspecified atom stereocenters. The van der Waals surface area contributed by atoms with Crippen LogP contribution in [0.2, 0.25) is 0 Å². The Morgan fingerprint density at radius 2 is 2.18 bits per heavy atom. The third-order valence-electron chi connectivity index (χ3n) is 6.50. The minimum Gasteiger partial charge on any atom is -0.388 e. The van der Waals surface area contributed by atoms with Crippen LogP contribution >= 0.6 is 34.9 Å². The van der Waals surface area contributed by atoms with Crippen molar-refractivity contribution in [3.05, 3.63) is 35.7 Å². The van der Waals surface area contributed by atoms with Crippen LogP contribution in [0, 0.1) is 12.8 Å². The fraction of sp³-hybridized carbons (Fsp3) is 0.524. The number of thioether (sulfide) groups is 2. The standard InChI is InChI=1S/C21H23N5O4S3/c1-10-9-32-19(23-10)13-7-26(25-24-13)17-15-16(28-2)20(30-18-14(27)8-29-21(15,17)18)33-12-4-11(31-3)5-22-6-12/h4-7,9,14-18,20,27H,8H2,1-3H3/t14?,15?,16?,17?,18?,20-,21?/m1/s1. The quantitative estimate of drug-likeness (QED) is 0.503. The van der Waals surface area contributed by atoms with Gasteiger partial charge < -0.3 is 19.3 Å². The first-order valence-corrected chi connectivity index (χ1v) is 13.5. The number of aliphatic hydroxyl groups excluding tert-OH is 1. The van der Waals surface area contributed by atoms with Crippen LogP contribution in [0.25, 0.3) is 10.7 Å². The van der Waals surface area contributed by atoms with Gasteiger partial charge in [-0.1, -0.05) is 17.0 Å². The normalized spacial score (nSPS) is 34.8. The van der Waals surface area contributed by atoms with Crippen LogP contribution in [-0.4, -0.2) is 79.4 Å². The second-order valence-electron chi connectivity index (χ2n) is 8.38. The molecule has 1 saturated carbocycles. The lowest BCUT2D eigenvalue weighted by atomic mass is 10.0. The molecular formula is C21H23N5O4S3. The maximum absolute atomic E-state index is 10.7. The summed E-state index contributed by atoms with van der Waals surface area (Å²) in [5, 5.41) is 22.3. The zero-order valence-corrected chi connectivity index (χ0v) is 20.6. The van der Waals surface area contributed by atoms with E-state index in [0.29, 0.717) is 0 Å². The van der Waals surface area contributed by atoms with Gasteiger partial charge in [0.25, 0.3) is 0 Å². The van der Waals surface area contributed by atoms with Gasteiger partial charge in [-0.2, -0.15) is 0 Å². The predicted molar refractivity (Wildman–Crippen MR) is 124 cm³/mol. The maximum atomic E-state index is 10.7. The molecule has 33 heavy (non-hydrogen) atoms. The number of rotatable bonds is 6. The molecule has 6 rings (SSSR count). The summed E-state index contributed by atoms with van der Waals surface area (Å²) >= 11 is 4.75. The molecule has 0 aromatic carbocycles. The Kier molecular flexibility index (Phi) is 5.52. The Morgan fingerprint density at radius 1 is 1.33 bits per heavy atom. The van der Waals surface area contributed by atoms with Crippen LogP contribution < -0.4 is 0 Å². The zero-order chi connectivity index (χ0) is 22.7. The van der Waals surface area contributed by atoms with E-state index in [1.165, 1.54) is 0 Å². The number of aryl methyl sites for hydroxylation is 1. The Labute approximate surface area is 203 Å². The molecule has 5 heterocycles. The number of ether oxygens (including phenoxy) is 3. The topological polar surface area (TPSA) is 104 Å². The van der Waals surface area contributed by atoms with Gasteiger partial charge in [-0.3, -0.25) is 4.98 Å². The Balaban J connectivity index is 1.31. The fourth-order valence-electron chi connectivity index (χ4n) is 5.07. The number of nitrogens with zero attached hydrogens (tertiary/aromatic N) is 5. The average Bonchev–Trinajstić information content (AvgIpc) is 3.20. The highest BCUT2D eigenvalue weighted by molar-refractivity contribution is 8.00. The predicted octanol–water partition coefficient (Wildman–Crippen LogP) is 2.66. The molecule has 2 aliphatic heterocycles. The molecule has 0 bridgehead atoms. The molecule has 0 amide bonds. The molecule has 1 spiro atoms. The van der Waals surface area contributed by atoms with E-state index in [2.05, 4.69) is 26.3 Å². The van der Waals surface area contributed by atoms with Crippen LogP contribution in [0.3, 0.4) is 0 Å². The summed E-state index contributed by atoms with van der Waals surface area (Å²) in [6.45, 7) is 2.18. The Morgan fingerprint density at radius 3 is 2.94 bits per heavy atom. The number of aromatic nitrogens is 5. The SMILES string of the molecule is COC1C2C(n3cc(-c4nc(C)cs4)nn3)C23OCC(O)C3O[C@@H]1Sc1cncc(SC)c1. The molecule has 0 radical (unpaired) electrons.